The van der Waals surface area contributed by atoms with E-state index < -0.39 is 30.6 Å². The minimum Gasteiger partial charge on any atom is -0.480 e. The molecule has 1 atom stereocenters. The van der Waals surface area contributed by atoms with Crippen molar-refractivity contribution in [3.05, 3.63) is 71.9 Å². The molecule has 0 fully saturated rings. The van der Waals surface area contributed by atoms with Crippen LogP contribution in [0.2, 0.25) is 0 Å². The summed E-state index contributed by atoms with van der Waals surface area (Å²) in [5.74, 6) is 3.65. The molecule has 33 heavy (non-hydrogen) atoms. The van der Waals surface area contributed by atoms with Gasteiger partial charge in [-0.05, 0) is 30.2 Å². The van der Waals surface area contributed by atoms with Crippen LogP contribution in [0.4, 0.5) is 10.6 Å². The summed E-state index contributed by atoms with van der Waals surface area (Å²) in [6.07, 6.45) is 0.593. The molecule has 0 spiro atoms. The van der Waals surface area contributed by atoms with Crippen molar-refractivity contribution in [2.45, 2.75) is 13.0 Å². The molecular formula is C24H22N4O5. The number of carbonyl (C=O) groups excluding carboxylic acids is 2. The number of hydrogen-bond acceptors (Lipinski definition) is 5. The van der Waals surface area contributed by atoms with Gasteiger partial charge in [0.25, 0.3) is 5.91 Å². The zero-order chi connectivity index (χ0) is 23.8. The number of benzene rings is 2. The number of rotatable bonds is 6. The molecule has 1 aromatic heterocycles. The van der Waals surface area contributed by atoms with Gasteiger partial charge in [-0.1, -0.05) is 48.4 Å². The van der Waals surface area contributed by atoms with Crippen molar-refractivity contribution in [3.63, 3.8) is 0 Å². The number of aryl methyl sites for hydroxylation is 1. The van der Waals surface area contributed by atoms with E-state index in [2.05, 4.69) is 27.6 Å². The van der Waals surface area contributed by atoms with E-state index in [9.17, 15) is 14.4 Å². The van der Waals surface area contributed by atoms with Gasteiger partial charge in [0, 0.05) is 24.1 Å². The first kappa shape index (κ1) is 23.1. The Morgan fingerprint density at radius 3 is 2.48 bits per heavy atom. The van der Waals surface area contributed by atoms with Crippen molar-refractivity contribution in [2.75, 3.05) is 11.9 Å². The highest BCUT2D eigenvalue weighted by Gasteiger charge is 2.17. The second-order valence-electron chi connectivity index (χ2n) is 7.02. The first-order chi connectivity index (χ1) is 15.8. The number of aliphatic carboxylic acids is 1. The molecule has 9 nitrogen and oxygen atoms in total. The number of aromatic nitrogens is 2. The van der Waals surface area contributed by atoms with Gasteiger partial charge in [0.1, 0.15) is 18.5 Å². The first-order valence-corrected chi connectivity index (χ1v) is 10.00. The average Bonchev–Trinajstić information content (AvgIpc) is 3.17. The Kier molecular flexibility index (Phi) is 7.44. The molecule has 2 amide bonds. The zero-order valence-electron chi connectivity index (χ0n) is 18.0. The molecule has 2 aromatic carbocycles. The van der Waals surface area contributed by atoms with Crippen LogP contribution in [0.5, 0.6) is 0 Å². The Balaban J connectivity index is 1.68. The fourth-order valence-electron chi connectivity index (χ4n) is 2.94. The van der Waals surface area contributed by atoms with Crippen LogP contribution in [0.3, 0.4) is 0 Å². The number of nitrogens with zero attached hydrogens (tertiary/aromatic N) is 2. The molecule has 0 unspecified atom stereocenters. The molecule has 9 heteroatoms. The topological polar surface area (TPSA) is 123 Å². The van der Waals surface area contributed by atoms with Crippen LogP contribution in [0, 0.1) is 11.8 Å². The Bertz CT molecular complexity index is 1210. The van der Waals surface area contributed by atoms with Crippen molar-refractivity contribution in [3.8, 4) is 23.0 Å². The standard InChI is InChI=1S/C24H22N4O5/c1-16(18-6-4-3-5-7-18)33-24(32)27-23-20(14-26-28(23)2)19-11-8-17(9-12-19)10-13-21(29)25-15-22(30)31/h3-9,11-12,14,16H,15H2,1-2H3,(H,25,29)(H,27,32)(H,30,31)/t16-/m1/s1. The van der Waals surface area contributed by atoms with E-state index in [0.29, 0.717) is 16.9 Å². The molecule has 1 heterocycles. The molecule has 0 saturated carbocycles. The highest BCUT2D eigenvalue weighted by atomic mass is 16.6. The third-order valence-corrected chi connectivity index (χ3v) is 4.63. The molecule has 0 aliphatic heterocycles. The second-order valence-corrected chi connectivity index (χ2v) is 7.02. The van der Waals surface area contributed by atoms with Gasteiger partial charge >= 0.3 is 12.1 Å². The van der Waals surface area contributed by atoms with Crippen LogP contribution in [0.1, 0.15) is 24.2 Å². The van der Waals surface area contributed by atoms with Gasteiger partial charge in [-0.2, -0.15) is 5.10 Å². The monoisotopic (exact) mass is 446 g/mol. The van der Waals surface area contributed by atoms with Crippen LogP contribution < -0.4 is 10.6 Å². The van der Waals surface area contributed by atoms with Gasteiger partial charge in [-0.25, -0.2) is 4.79 Å². The van der Waals surface area contributed by atoms with Crippen LogP contribution in [0.25, 0.3) is 11.1 Å². The summed E-state index contributed by atoms with van der Waals surface area (Å²) in [5.41, 5.74) is 2.90. The lowest BCUT2D eigenvalue weighted by Crippen LogP contribution is -2.27. The van der Waals surface area contributed by atoms with Crippen molar-refractivity contribution >= 4 is 23.8 Å². The minimum atomic E-state index is -1.14. The number of nitrogens with one attached hydrogen (secondary N) is 2. The van der Waals surface area contributed by atoms with Gasteiger partial charge in [0.15, 0.2) is 0 Å². The predicted octanol–water partition coefficient (Wildman–Crippen LogP) is 2.95. The number of carboxylic acid groups (broad SMARTS) is 1. The smallest absolute Gasteiger partial charge is 0.413 e. The highest BCUT2D eigenvalue weighted by molar-refractivity contribution is 5.95. The van der Waals surface area contributed by atoms with Crippen LogP contribution in [-0.4, -0.2) is 39.4 Å². The van der Waals surface area contributed by atoms with Crippen molar-refractivity contribution in [2.24, 2.45) is 7.05 Å². The largest absolute Gasteiger partial charge is 0.480 e. The number of hydrogen-bond donors (Lipinski definition) is 3. The lowest BCUT2D eigenvalue weighted by Gasteiger charge is -2.15. The molecule has 0 bridgehead atoms. The van der Waals surface area contributed by atoms with E-state index in [0.717, 1.165) is 11.1 Å². The Labute approximate surface area is 190 Å². The predicted molar refractivity (Wildman–Crippen MR) is 121 cm³/mol. The number of amides is 2. The molecule has 3 aromatic rings. The summed E-state index contributed by atoms with van der Waals surface area (Å²) in [5, 5.41) is 17.7. The summed E-state index contributed by atoms with van der Waals surface area (Å²) >= 11 is 0. The van der Waals surface area contributed by atoms with Crippen molar-refractivity contribution < 1.29 is 24.2 Å². The van der Waals surface area contributed by atoms with Crippen LogP contribution >= 0.6 is 0 Å². The Morgan fingerprint density at radius 1 is 1.12 bits per heavy atom. The third-order valence-electron chi connectivity index (χ3n) is 4.63. The Hall–Kier alpha value is -4.58. The van der Waals surface area contributed by atoms with Gasteiger partial charge in [0.05, 0.1) is 6.20 Å². The summed E-state index contributed by atoms with van der Waals surface area (Å²) in [4.78, 5) is 34.4. The molecule has 3 N–H and O–H groups in total. The molecule has 0 aliphatic carbocycles. The normalized spacial score (nSPS) is 11.0. The van der Waals surface area contributed by atoms with Crippen molar-refractivity contribution in [1.82, 2.24) is 15.1 Å². The first-order valence-electron chi connectivity index (χ1n) is 10.00. The van der Waals surface area contributed by atoms with Gasteiger partial charge in [-0.3, -0.25) is 19.6 Å². The second kappa shape index (κ2) is 10.6. The maximum atomic E-state index is 12.5. The minimum absolute atomic E-state index is 0.423. The van der Waals surface area contributed by atoms with Gasteiger partial charge in [0.2, 0.25) is 0 Å². The molecular weight excluding hydrogens is 424 g/mol. The highest BCUT2D eigenvalue weighted by Crippen LogP contribution is 2.28. The molecule has 0 aliphatic rings. The van der Waals surface area contributed by atoms with Crippen LogP contribution in [-0.2, 0) is 21.4 Å². The van der Waals surface area contributed by atoms with E-state index in [1.165, 1.54) is 4.68 Å². The molecule has 168 valence electrons. The lowest BCUT2D eigenvalue weighted by atomic mass is 10.1. The fraction of sp³-hybridized carbons (Fsp3) is 0.167. The summed E-state index contributed by atoms with van der Waals surface area (Å²) in [6.45, 7) is 1.30. The molecule has 0 saturated heterocycles. The Morgan fingerprint density at radius 2 is 1.82 bits per heavy atom. The van der Waals surface area contributed by atoms with E-state index in [1.807, 2.05) is 30.3 Å². The summed E-state index contributed by atoms with van der Waals surface area (Å²) in [7, 11) is 1.70. The maximum absolute atomic E-state index is 12.5. The fourth-order valence-corrected chi connectivity index (χ4v) is 2.94. The number of anilines is 1. The van der Waals surface area contributed by atoms with Gasteiger partial charge in [-0.15, -0.1) is 0 Å². The summed E-state index contributed by atoms with van der Waals surface area (Å²) in [6, 6.07) is 16.4. The average molecular weight is 446 g/mol. The number of carbonyl (C=O) groups is 3. The SMILES string of the molecule is C[C@@H](OC(=O)Nc1c(-c2ccc(C#CC(=O)NCC(=O)O)cc2)cnn1C)c1ccccc1. The van der Waals surface area contributed by atoms with E-state index in [4.69, 9.17) is 9.84 Å². The van der Waals surface area contributed by atoms with Gasteiger partial charge < -0.3 is 15.2 Å². The third kappa shape index (κ3) is 6.45. The van der Waals surface area contributed by atoms with E-state index in [-0.39, 0.29) is 0 Å². The van der Waals surface area contributed by atoms with E-state index in [1.54, 1.807) is 44.4 Å². The number of carboxylic acids is 1. The quantitative estimate of drug-likeness (QED) is 0.501. The lowest BCUT2D eigenvalue weighted by molar-refractivity contribution is -0.137. The molecule has 0 radical (unpaired) electrons. The van der Waals surface area contributed by atoms with Crippen molar-refractivity contribution in [1.29, 1.82) is 0 Å². The number of ether oxygens (including phenoxy) is 1. The maximum Gasteiger partial charge on any atom is 0.413 e. The van der Waals surface area contributed by atoms with E-state index >= 15 is 0 Å². The zero-order valence-corrected chi connectivity index (χ0v) is 18.0. The molecule has 3 rings (SSSR count). The summed E-state index contributed by atoms with van der Waals surface area (Å²) < 4.78 is 7.01. The van der Waals surface area contributed by atoms with Crippen LogP contribution in [0.15, 0.2) is 60.8 Å².